The van der Waals surface area contributed by atoms with Crippen molar-refractivity contribution in [1.82, 2.24) is 9.21 Å². The molecule has 5 nitrogen and oxygen atoms in total. The molecule has 1 atom stereocenters. The van der Waals surface area contributed by atoms with Crippen LogP contribution in [-0.2, 0) is 14.8 Å². The van der Waals surface area contributed by atoms with Crippen molar-refractivity contribution in [3.8, 4) is 0 Å². The molecule has 2 fully saturated rings. The van der Waals surface area contributed by atoms with Gasteiger partial charge in [-0.3, -0.25) is 4.79 Å². The minimum atomic E-state index is -4.05. The first-order valence-corrected chi connectivity index (χ1v) is 9.61. The van der Waals surface area contributed by atoms with Crippen LogP contribution in [0.4, 0.5) is 8.78 Å². The predicted octanol–water partition coefficient (Wildman–Crippen LogP) is 2.13. The van der Waals surface area contributed by atoms with Gasteiger partial charge >= 0.3 is 0 Å². The lowest BCUT2D eigenvalue weighted by atomic mass is 10.0. The van der Waals surface area contributed by atoms with Gasteiger partial charge < -0.3 is 4.90 Å². The lowest BCUT2D eigenvalue weighted by Crippen LogP contribution is -2.52. The van der Waals surface area contributed by atoms with E-state index in [0.717, 1.165) is 35.7 Å². The minimum absolute atomic E-state index is 0.182. The van der Waals surface area contributed by atoms with Gasteiger partial charge in [-0.15, -0.1) is 0 Å². The van der Waals surface area contributed by atoms with Crippen LogP contribution in [0, 0.1) is 11.6 Å². The maximum atomic E-state index is 13.4. The average Bonchev–Trinajstić information content (AvgIpc) is 3.11. The van der Waals surface area contributed by atoms with Gasteiger partial charge in [-0.2, -0.15) is 4.31 Å². The molecule has 24 heavy (non-hydrogen) atoms. The molecule has 0 aliphatic carbocycles. The Morgan fingerprint density at radius 2 is 1.67 bits per heavy atom. The number of sulfonamides is 1. The lowest BCUT2D eigenvalue weighted by Gasteiger charge is -2.35. The maximum Gasteiger partial charge on any atom is 0.243 e. The summed E-state index contributed by atoms with van der Waals surface area (Å²) in [6.45, 7) is 1.51. The highest BCUT2D eigenvalue weighted by molar-refractivity contribution is 7.89. The van der Waals surface area contributed by atoms with Crippen LogP contribution in [0.25, 0.3) is 0 Å². The zero-order valence-corrected chi connectivity index (χ0v) is 14.1. The first-order valence-electron chi connectivity index (χ1n) is 8.17. The molecule has 1 amide bonds. The molecule has 1 unspecified atom stereocenters. The van der Waals surface area contributed by atoms with Gasteiger partial charge in [0.2, 0.25) is 15.9 Å². The van der Waals surface area contributed by atoms with E-state index in [-0.39, 0.29) is 17.3 Å². The fourth-order valence-corrected chi connectivity index (χ4v) is 5.02. The molecule has 0 bridgehead atoms. The van der Waals surface area contributed by atoms with Crippen molar-refractivity contribution in [2.24, 2.45) is 0 Å². The smallest absolute Gasteiger partial charge is 0.243 e. The molecular weight excluding hydrogens is 338 g/mol. The lowest BCUT2D eigenvalue weighted by molar-refractivity contribution is -0.135. The van der Waals surface area contributed by atoms with Gasteiger partial charge in [-0.25, -0.2) is 17.2 Å². The molecule has 2 aliphatic rings. The number of rotatable bonds is 3. The van der Waals surface area contributed by atoms with E-state index in [1.165, 1.54) is 0 Å². The number of likely N-dealkylation sites (tertiary alicyclic amines) is 1. The summed E-state index contributed by atoms with van der Waals surface area (Å²) in [5.41, 5.74) is 0. The molecule has 0 radical (unpaired) electrons. The Morgan fingerprint density at radius 1 is 1.00 bits per heavy atom. The van der Waals surface area contributed by atoms with Gasteiger partial charge in [0.15, 0.2) is 11.6 Å². The van der Waals surface area contributed by atoms with E-state index in [2.05, 4.69) is 0 Å². The summed E-state index contributed by atoms with van der Waals surface area (Å²) < 4.78 is 53.4. The molecule has 0 N–H and O–H groups in total. The number of hydrogen-bond acceptors (Lipinski definition) is 3. The number of carbonyl (C=O) groups excluding carboxylic acids is 1. The fourth-order valence-electron chi connectivity index (χ4n) is 3.36. The fraction of sp³-hybridized carbons (Fsp3) is 0.562. The summed E-state index contributed by atoms with van der Waals surface area (Å²) in [5, 5.41) is 0. The summed E-state index contributed by atoms with van der Waals surface area (Å²) in [5.74, 6) is -2.49. The van der Waals surface area contributed by atoms with Crippen LogP contribution in [-0.4, -0.2) is 49.2 Å². The van der Waals surface area contributed by atoms with Crippen LogP contribution < -0.4 is 0 Å². The number of benzene rings is 1. The second-order valence-corrected chi connectivity index (χ2v) is 8.13. The number of halogens is 2. The quantitative estimate of drug-likeness (QED) is 0.832. The second-order valence-electron chi connectivity index (χ2n) is 6.24. The summed E-state index contributed by atoms with van der Waals surface area (Å²) in [7, 11) is -4.05. The van der Waals surface area contributed by atoms with E-state index in [4.69, 9.17) is 0 Å². The van der Waals surface area contributed by atoms with Gasteiger partial charge in [0.25, 0.3) is 0 Å². The minimum Gasteiger partial charge on any atom is -0.341 e. The van der Waals surface area contributed by atoms with Crippen LogP contribution in [0.3, 0.4) is 0 Å². The summed E-state index contributed by atoms with van der Waals surface area (Å²) in [6, 6.07) is 1.76. The Kier molecular flexibility index (Phi) is 4.87. The molecule has 3 rings (SSSR count). The van der Waals surface area contributed by atoms with Crippen LogP contribution in [0.2, 0.25) is 0 Å². The Bertz CT molecular complexity index is 733. The SMILES string of the molecule is O=C(C1CCCCN1S(=O)(=O)c1ccc(F)c(F)c1)N1CCCC1. The highest BCUT2D eigenvalue weighted by Crippen LogP contribution is 2.28. The van der Waals surface area contributed by atoms with Crippen LogP contribution in [0.5, 0.6) is 0 Å². The normalized spacial score (nSPS) is 22.8. The number of amides is 1. The van der Waals surface area contributed by atoms with E-state index in [1.807, 2.05) is 0 Å². The maximum absolute atomic E-state index is 13.4. The van der Waals surface area contributed by atoms with Crippen molar-refractivity contribution in [1.29, 1.82) is 0 Å². The summed E-state index contributed by atoms with van der Waals surface area (Å²) in [6.07, 6.45) is 3.72. The van der Waals surface area contributed by atoms with Crippen molar-refractivity contribution < 1.29 is 22.0 Å². The van der Waals surface area contributed by atoms with Gasteiger partial charge in [0.1, 0.15) is 6.04 Å². The van der Waals surface area contributed by atoms with Crippen LogP contribution in [0.1, 0.15) is 32.1 Å². The van der Waals surface area contributed by atoms with Gasteiger partial charge in [0, 0.05) is 19.6 Å². The molecule has 0 aromatic heterocycles. The number of nitrogens with zero attached hydrogens (tertiary/aromatic N) is 2. The molecule has 1 aromatic rings. The highest BCUT2D eigenvalue weighted by Gasteiger charge is 2.40. The molecule has 8 heteroatoms. The van der Waals surface area contributed by atoms with E-state index < -0.39 is 27.7 Å². The Hall–Kier alpha value is -1.54. The Balaban J connectivity index is 1.91. The second kappa shape index (κ2) is 6.76. The first-order chi connectivity index (χ1) is 11.4. The van der Waals surface area contributed by atoms with Crippen LogP contribution >= 0.6 is 0 Å². The highest BCUT2D eigenvalue weighted by atomic mass is 32.2. The number of hydrogen-bond donors (Lipinski definition) is 0. The molecule has 2 heterocycles. The van der Waals surface area contributed by atoms with Crippen LogP contribution in [0.15, 0.2) is 23.1 Å². The monoisotopic (exact) mass is 358 g/mol. The zero-order valence-electron chi connectivity index (χ0n) is 13.2. The molecule has 2 saturated heterocycles. The number of piperidine rings is 1. The molecule has 2 aliphatic heterocycles. The topological polar surface area (TPSA) is 57.7 Å². The molecule has 132 valence electrons. The van der Waals surface area contributed by atoms with Gasteiger partial charge in [-0.05, 0) is 43.9 Å². The third-order valence-corrected chi connectivity index (χ3v) is 6.56. The van der Waals surface area contributed by atoms with Crippen molar-refractivity contribution in [2.45, 2.75) is 43.0 Å². The van der Waals surface area contributed by atoms with Crippen molar-refractivity contribution >= 4 is 15.9 Å². The largest absolute Gasteiger partial charge is 0.341 e. The van der Waals surface area contributed by atoms with E-state index in [0.29, 0.717) is 32.0 Å². The van der Waals surface area contributed by atoms with E-state index in [1.54, 1.807) is 4.90 Å². The Morgan fingerprint density at radius 3 is 2.33 bits per heavy atom. The van der Waals surface area contributed by atoms with Crippen molar-refractivity contribution in [2.75, 3.05) is 19.6 Å². The molecule has 0 saturated carbocycles. The zero-order chi connectivity index (χ0) is 17.3. The summed E-state index contributed by atoms with van der Waals surface area (Å²) in [4.78, 5) is 14.1. The Labute approximate surface area is 140 Å². The van der Waals surface area contributed by atoms with Crippen molar-refractivity contribution in [3.05, 3.63) is 29.8 Å². The van der Waals surface area contributed by atoms with E-state index in [9.17, 15) is 22.0 Å². The first kappa shape index (κ1) is 17.3. The molecule has 0 spiro atoms. The molecular formula is C16H20F2N2O3S. The van der Waals surface area contributed by atoms with E-state index >= 15 is 0 Å². The van der Waals surface area contributed by atoms with Crippen molar-refractivity contribution in [3.63, 3.8) is 0 Å². The van der Waals surface area contributed by atoms with Gasteiger partial charge in [-0.1, -0.05) is 6.42 Å². The third-order valence-electron chi connectivity index (χ3n) is 4.65. The van der Waals surface area contributed by atoms with Gasteiger partial charge in [0.05, 0.1) is 4.90 Å². The molecule has 1 aromatic carbocycles. The summed E-state index contributed by atoms with van der Waals surface area (Å²) >= 11 is 0. The predicted molar refractivity (Wildman–Crippen MR) is 83.7 cm³/mol. The average molecular weight is 358 g/mol. The third kappa shape index (κ3) is 3.17. The number of carbonyl (C=O) groups is 1. The standard InChI is InChI=1S/C16H20F2N2O3S/c17-13-7-6-12(11-14(13)18)24(22,23)20-10-2-1-5-15(20)16(21)19-8-3-4-9-19/h6-7,11,15H,1-5,8-10H2.